The van der Waals surface area contributed by atoms with Crippen LogP contribution in [0.15, 0.2) is 54.4 Å². The SMILES string of the molecule is C=C=CC(F)Oc1cc(-c2cnc(/C=C(\C=C/C)C(C)(C)C#N)[nH]2)cc(OC)c1C(=O)CCC[C@@H]1C[C@H]1F. The van der Waals surface area contributed by atoms with Crippen LogP contribution in [0, 0.1) is 22.7 Å². The van der Waals surface area contributed by atoms with E-state index in [1.807, 2.05) is 32.9 Å². The summed E-state index contributed by atoms with van der Waals surface area (Å²) in [6.07, 6.45) is 7.28. The summed E-state index contributed by atoms with van der Waals surface area (Å²) in [6, 6.07) is 5.49. The van der Waals surface area contributed by atoms with Crippen LogP contribution in [0.3, 0.4) is 0 Å². The van der Waals surface area contributed by atoms with E-state index < -0.39 is 17.9 Å². The number of hydrogen-bond acceptors (Lipinski definition) is 5. The van der Waals surface area contributed by atoms with Gasteiger partial charge in [-0.2, -0.15) is 9.65 Å². The molecular formula is C30H33F2N3O3. The van der Waals surface area contributed by atoms with E-state index in [9.17, 15) is 18.8 Å². The number of benzene rings is 1. The Kier molecular flexibility index (Phi) is 9.44. The van der Waals surface area contributed by atoms with E-state index >= 15 is 0 Å². The minimum atomic E-state index is -1.88. The largest absolute Gasteiger partial charge is 0.496 e. The summed E-state index contributed by atoms with van der Waals surface area (Å²) in [5.41, 5.74) is 3.63. The first-order valence-corrected chi connectivity index (χ1v) is 12.5. The number of Topliss-reactive ketones (excluding diaryl/α,β-unsaturated/α-hetero) is 1. The highest BCUT2D eigenvalue weighted by Crippen LogP contribution is 2.40. The lowest BCUT2D eigenvalue weighted by molar-refractivity contribution is 0.0940. The molecule has 0 radical (unpaired) electrons. The Bertz CT molecular complexity index is 1310. The highest BCUT2D eigenvalue weighted by Gasteiger charge is 2.36. The molecule has 2 aromatic rings. The fourth-order valence-electron chi connectivity index (χ4n) is 4.07. The van der Waals surface area contributed by atoms with Crippen molar-refractivity contribution < 1.29 is 23.0 Å². The highest BCUT2D eigenvalue weighted by molar-refractivity contribution is 6.02. The number of rotatable bonds is 13. The van der Waals surface area contributed by atoms with Crippen molar-refractivity contribution in [2.75, 3.05) is 7.11 Å². The number of aromatic nitrogens is 2. The number of nitriles is 1. The Morgan fingerprint density at radius 1 is 1.39 bits per heavy atom. The summed E-state index contributed by atoms with van der Waals surface area (Å²) in [5, 5.41) is 9.55. The Balaban J connectivity index is 1.98. The minimum Gasteiger partial charge on any atom is -0.496 e. The number of halogens is 2. The zero-order valence-electron chi connectivity index (χ0n) is 22.2. The van der Waals surface area contributed by atoms with Crippen LogP contribution in [0.2, 0.25) is 0 Å². The van der Waals surface area contributed by atoms with Crippen molar-refractivity contribution in [3.05, 3.63) is 65.8 Å². The van der Waals surface area contributed by atoms with Gasteiger partial charge >= 0.3 is 0 Å². The number of alkyl halides is 2. The van der Waals surface area contributed by atoms with E-state index in [0.29, 0.717) is 36.3 Å². The van der Waals surface area contributed by atoms with E-state index in [1.54, 1.807) is 24.4 Å². The second kappa shape index (κ2) is 12.5. The molecule has 1 N–H and O–H groups in total. The number of carbonyl (C=O) groups is 1. The molecule has 0 aliphatic heterocycles. The quantitative estimate of drug-likeness (QED) is 0.169. The van der Waals surface area contributed by atoms with Gasteiger partial charge in [-0.25, -0.2) is 9.37 Å². The summed E-state index contributed by atoms with van der Waals surface area (Å²) in [4.78, 5) is 20.8. The monoisotopic (exact) mass is 521 g/mol. The number of carbonyl (C=O) groups excluding carboxylic acids is 1. The first kappa shape index (κ1) is 28.6. The van der Waals surface area contributed by atoms with Gasteiger partial charge in [-0.15, -0.1) is 5.73 Å². The maximum atomic E-state index is 14.4. The van der Waals surface area contributed by atoms with E-state index in [-0.39, 0.29) is 35.2 Å². The predicted octanol–water partition coefficient (Wildman–Crippen LogP) is 7.32. The first-order chi connectivity index (χ1) is 18.1. The zero-order chi connectivity index (χ0) is 27.9. The van der Waals surface area contributed by atoms with Crippen LogP contribution in [0.4, 0.5) is 8.78 Å². The summed E-state index contributed by atoms with van der Waals surface area (Å²) in [5.74, 6) is 0.481. The van der Waals surface area contributed by atoms with Crippen LogP contribution < -0.4 is 9.47 Å². The van der Waals surface area contributed by atoms with E-state index in [1.165, 1.54) is 7.11 Å². The van der Waals surface area contributed by atoms with Gasteiger partial charge in [0.05, 0.1) is 30.5 Å². The van der Waals surface area contributed by atoms with Crippen LogP contribution in [-0.4, -0.2) is 35.4 Å². The Hall–Kier alpha value is -3.95. The molecule has 1 unspecified atom stereocenters. The number of imidazole rings is 1. The van der Waals surface area contributed by atoms with Crippen molar-refractivity contribution in [1.82, 2.24) is 9.97 Å². The molecule has 3 rings (SSSR count). The normalized spacial score (nSPS) is 18.0. The first-order valence-electron chi connectivity index (χ1n) is 12.5. The molecule has 6 nitrogen and oxygen atoms in total. The van der Waals surface area contributed by atoms with E-state index in [2.05, 4.69) is 28.3 Å². The van der Waals surface area contributed by atoms with Gasteiger partial charge in [0.2, 0.25) is 0 Å². The van der Waals surface area contributed by atoms with Gasteiger partial charge in [-0.05, 0) is 69.7 Å². The van der Waals surface area contributed by atoms with Gasteiger partial charge in [0, 0.05) is 18.1 Å². The van der Waals surface area contributed by atoms with Crippen molar-refractivity contribution in [3.63, 3.8) is 0 Å². The lowest BCUT2D eigenvalue weighted by Crippen LogP contribution is -2.12. The van der Waals surface area contributed by atoms with Gasteiger partial charge in [-0.3, -0.25) is 4.79 Å². The topological polar surface area (TPSA) is 88.0 Å². The van der Waals surface area contributed by atoms with Gasteiger partial charge in [0.15, 0.2) is 5.78 Å². The lowest BCUT2D eigenvalue weighted by Gasteiger charge is -2.17. The molecule has 1 fully saturated rings. The fourth-order valence-corrected chi connectivity index (χ4v) is 4.07. The Labute approximate surface area is 222 Å². The molecule has 1 heterocycles. The fraction of sp³-hybridized carbons (Fsp3) is 0.400. The van der Waals surface area contributed by atoms with Crippen LogP contribution in [-0.2, 0) is 0 Å². The molecule has 200 valence electrons. The average Bonchev–Trinajstić information content (AvgIpc) is 3.38. The molecule has 1 aliphatic rings. The van der Waals surface area contributed by atoms with Gasteiger partial charge < -0.3 is 14.5 Å². The molecule has 0 bridgehead atoms. The molecule has 3 atom stereocenters. The maximum absolute atomic E-state index is 14.4. The van der Waals surface area contributed by atoms with Crippen molar-refractivity contribution in [2.45, 2.75) is 59.0 Å². The summed E-state index contributed by atoms with van der Waals surface area (Å²) >= 11 is 0. The lowest BCUT2D eigenvalue weighted by atomic mass is 9.85. The minimum absolute atomic E-state index is 0.00468. The van der Waals surface area contributed by atoms with Gasteiger partial charge in [0.25, 0.3) is 6.36 Å². The number of ether oxygens (including phenoxy) is 2. The second-order valence-electron chi connectivity index (χ2n) is 9.74. The van der Waals surface area contributed by atoms with Crippen LogP contribution in [0.5, 0.6) is 11.5 Å². The number of methoxy groups -OCH3 is 1. The third-order valence-electron chi connectivity index (χ3n) is 6.41. The number of hydrogen-bond donors (Lipinski definition) is 1. The predicted molar refractivity (Wildman–Crippen MR) is 143 cm³/mol. The van der Waals surface area contributed by atoms with Crippen LogP contribution >= 0.6 is 0 Å². The third-order valence-corrected chi connectivity index (χ3v) is 6.41. The molecule has 8 heteroatoms. The highest BCUT2D eigenvalue weighted by atomic mass is 19.1. The molecule has 1 saturated carbocycles. The second-order valence-corrected chi connectivity index (χ2v) is 9.74. The molecule has 0 spiro atoms. The molecule has 0 saturated heterocycles. The van der Waals surface area contributed by atoms with Gasteiger partial charge in [0.1, 0.15) is 29.1 Å². The molecule has 38 heavy (non-hydrogen) atoms. The summed E-state index contributed by atoms with van der Waals surface area (Å²) in [7, 11) is 1.42. The molecular weight excluding hydrogens is 488 g/mol. The average molecular weight is 522 g/mol. The van der Waals surface area contributed by atoms with Crippen LogP contribution in [0.1, 0.15) is 62.6 Å². The third kappa shape index (κ3) is 7.08. The molecule has 1 aromatic heterocycles. The number of ketones is 1. The number of allylic oxidation sites excluding steroid dienone is 3. The molecule has 0 amide bonds. The summed E-state index contributed by atoms with van der Waals surface area (Å²) in [6.45, 7) is 8.87. The number of aromatic amines is 1. The summed E-state index contributed by atoms with van der Waals surface area (Å²) < 4.78 is 38.6. The van der Waals surface area contributed by atoms with E-state index in [0.717, 1.165) is 11.6 Å². The number of H-pyrrole nitrogens is 1. The molecule has 1 aliphatic carbocycles. The number of nitrogens with zero attached hydrogens (tertiary/aromatic N) is 2. The standard InChI is InChI=1S/C30H33F2N3O3/c1-6-9-21(30(3,4)18-33)16-28-34-17-23(35-28)20-14-25(37-5)29(26(15-20)38-27(32)10-7-2)24(36)12-8-11-19-13-22(19)31/h6,9-10,14-17,19,22,27H,2,8,11-13H2,1,3-5H3,(H,34,35)/b9-6-,21-16+/t19-,22-,27?/m1/s1. The van der Waals surface area contributed by atoms with Crippen molar-refractivity contribution in [3.8, 4) is 28.8 Å². The van der Waals surface area contributed by atoms with Crippen molar-refractivity contribution >= 4 is 11.9 Å². The van der Waals surface area contributed by atoms with Crippen LogP contribution in [0.25, 0.3) is 17.3 Å². The van der Waals surface area contributed by atoms with Crippen molar-refractivity contribution in [1.29, 1.82) is 5.26 Å². The number of nitrogens with one attached hydrogen (secondary N) is 1. The Morgan fingerprint density at radius 2 is 2.11 bits per heavy atom. The van der Waals surface area contributed by atoms with Gasteiger partial charge in [-0.1, -0.05) is 18.7 Å². The Morgan fingerprint density at radius 3 is 2.71 bits per heavy atom. The smallest absolute Gasteiger partial charge is 0.264 e. The zero-order valence-corrected chi connectivity index (χ0v) is 22.2. The molecule has 1 aromatic carbocycles. The van der Waals surface area contributed by atoms with Crippen molar-refractivity contribution in [2.24, 2.45) is 11.3 Å². The van der Waals surface area contributed by atoms with E-state index in [4.69, 9.17) is 9.47 Å². The maximum Gasteiger partial charge on any atom is 0.264 e.